The lowest BCUT2D eigenvalue weighted by Gasteiger charge is -2.46. The van der Waals surface area contributed by atoms with Gasteiger partial charge in [-0.1, -0.05) is 24.3 Å². The molecule has 8 N–H and O–H groups in total. The molecular weight excluding hydrogens is 805 g/mol. The lowest BCUT2D eigenvalue weighted by atomic mass is 9.80. The van der Waals surface area contributed by atoms with Gasteiger partial charge in [0.1, 0.15) is 70.3 Å². The van der Waals surface area contributed by atoms with E-state index in [1.807, 2.05) is 6.07 Å². The van der Waals surface area contributed by atoms with E-state index in [4.69, 9.17) is 29.1 Å². The molecule has 8 atom stereocenters. The fourth-order valence-corrected chi connectivity index (χ4v) is 9.54. The second-order valence-corrected chi connectivity index (χ2v) is 16.4. The molecule has 2 aliphatic carbocycles. The van der Waals surface area contributed by atoms with Crippen LogP contribution in [0.1, 0.15) is 73.3 Å². The molecular formula is C45H46N4O13. The van der Waals surface area contributed by atoms with Gasteiger partial charge in [0.2, 0.25) is 12.0 Å². The summed E-state index contributed by atoms with van der Waals surface area (Å²) < 4.78 is 31.3. The topological polar surface area (TPSA) is 266 Å². The van der Waals surface area contributed by atoms with E-state index < -0.39 is 60.0 Å². The normalized spacial score (nSPS) is 29.7. The number of carbonyl (C=O) groups is 1. The van der Waals surface area contributed by atoms with E-state index in [1.165, 1.54) is 18.5 Å². The van der Waals surface area contributed by atoms with Crippen molar-refractivity contribution >= 4 is 35.3 Å². The van der Waals surface area contributed by atoms with Gasteiger partial charge < -0.3 is 59.4 Å². The minimum absolute atomic E-state index is 0.0540. The summed E-state index contributed by atoms with van der Waals surface area (Å²) in [5.41, 5.74) is -0.717. The van der Waals surface area contributed by atoms with Gasteiger partial charge in [-0.3, -0.25) is 10.4 Å². The molecule has 3 aromatic rings. The Labute approximate surface area is 355 Å². The summed E-state index contributed by atoms with van der Waals surface area (Å²) in [6.07, 6.45) is 1.06. The van der Waals surface area contributed by atoms with Crippen molar-refractivity contribution in [2.75, 3.05) is 13.2 Å². The number of ether oxygens (including phenoxy) is 5. The highest BCUT2D eigenvalue weighted by Crippen LogP contribution is 2.58. The first-order chi connectivity index (χ1) is 29.8. The van der Waals surface area contributed by atoms with Gasteiger partial charge in [0.15, 0.2) is 17.6 Å². The number of aliphatic hydroxyl groups excluding tert-OH is 3. The van der Waals surface area contributed by atoms with Gasteiger partial charge >= 0.3 is 5.97 Å². The molecule has 9 rings (SSSR count). The zero-order valence-electron chi connectivity index (χ0n) is 33.4. The van der Waals surface area contributed by atoms with Crippen LogP contribution < -0.4 is 18.9 Å². The van der Waals surface area contributed by atoms with E-state index in [2.05, 4.69) is 15.0 Å². The van der Waals surface area contributed by atoms with E-state index in [1.54, 1.807) is 48.6 Å². The Balaban J connectivity index is 1.07. The molecule has 17 heteroatoms. The number of aliphatic carboxylic acids is 1. The van der Waals surface area contributed by atoms with Crippen LogP contribution in [0.5, 0.6) is 34.5 Å². The van der Waals surface area contributed by atoms with E-state index >= 15 is 0 Å². The number of aliphatic imine (C=N–C) groups is 3. The highest BCUT2D eigenvalue weighted by molar-refractivity contribution is 6.14. The van der Waals surface area contributed by atoms with Gasteiger partial charge in [-0.15, -0.1) is 0 Å². The molecule has 62 heavy (non-hydrogen) atoms. The minimum atomic E-state index is -2.54. The lowest BCUT2D eigenvalue weighted by Crippen LogP contribution is -2.69. The largest absolute Gasteiger partial charge is 0.508 e. The minimum Gasteiger partial charge on any atom is -0.508 e. The van der Waals surface area contributed by atoms with Crippen molar-refractivity contribution in [1.29, 1.82) is 5.41 Å². The predicted octanol–water partition coefficient (Wildman–Crippen LogP) is 4.81. The molecule has 324 valence electrons. The van der Waals surface area contributed by atoms with Crippen molar-refractivity contribution < 1.29 is 64.2 Å². The first-order valence-electron chi connectivity index (χ1n) is 20.6. The molecule has 0 radical (unpaired) electrons. The summed E-state index contributed by atoms with van der Waals surface area (Å²) in [5.74, 6) is -2.44. The lowest BCUT2D eigenvalue weighted by molar-refractivity contribution is -0.303. The summed E-state index contributed by atoms with van der Waals surface area (Å²) >= 11 is 0. The monoisotopic (exact) mass is 850 g/mol. The third-order valence-electron chi connectivity index (χ3n) is 12.6. The van der Waals surface area contributed by atoms with Crippen molar-refractivity contribution in [3.63, 3.8) is 0 Å². The molecule has 0 spiro atoms. The van der Waals surface area contributed by atoms with Crippen LogP contribution in [0.4, 0.5) is 0 Å². The number of carboxylic acids is 1. The second kappa shape index (κ2) is 16.2. The smallest absolute Gasteiger partial charge is 0.336 e. The molecule has 17 nitrogen and oxygen atoms in total. The van der Waals surface area contributed by atoms with E-state index in [-0.39, 0.29) is 58.3 Å². The molecule has 1 saturated heterocycles. The van der Waals surface area contributed by atoms with Gasteiger partial charge in [-0.25, -0.2) is 14.8 Å². The first-order valence-corrected chi connectivity index (χ1v) is 20.6. The van der Waals surface area contributed by atoms with Crippen LogP contribution in [0.15, 0.2) is 81.7 Å². The zero-order chi connectivity index (χ0) is 43.3. The summed E-state index contributed by atoms with van der Waals surface area (Å²) in [7, 11) is 0. The average Bonchev–Trinajstić information content (AvgIpc) is 4.00. The van der Waals surface area contributed by atoms with Crippen LogP contribution in [-0.4, -0.2) is 109 Å². The molecule has 6 aliphatic rings. The molecule has 0 bridgehead atoms. The van der Waals surface area contributed by atoms with Crippen LogP contribution in [-0.2, 0) is 21.6 Å². The Kier molecular flexibility index (Phi) is 10.7. The standard InChI is InChI=1S/C45H46N4O13/c46-35-14-11-25(49-35)15-17-58-27-12-9-23(10-13-27)32-18-31(51)36-33(59-32)19-34(60-43-38(53)40(54)44(57,41(61-43)42(55)56)20-26-21-47-22-48-26)39(37(36)52)62-45-16-3-5-24(45)4-1-6-28-29(45)7-2-8-30(28)50/h2,7-14,18-19,22,24,32,38,40-41,43,46,50-54,57H,1,3-6,15-17,20-21H2,(H,55,56). The fraction of sp³-hybridized carbons (Fsp3) is 0.400. The zero-order valence-corrected chi connectivity index (χ0v) is 33.4. The summed E-state index contributed by atoms with van der Waals surface area (Å²) in [6.45, 7) is 0.386. The quantitative estimate of drug-likeness (QED) is 0.122. The van der Waals surface area contributed by atoms with E-state index in [0.717, 1.165) is 37.0 Å². The second-order valence-electron chi connectivity index (χ2n) is 16.4. The fourth-order valence-electron chi connectivity index (χ4n) is 9.54. The molecule has 1 saturated carbocycles. The van der Waals surface area contributed by atoms with Crippen LogP contribution in [0.3, 0.4) is 0 Å². The number of fused-ring (bicyclic) bond motifs is 4. The molecule has 0 aromatic heterocycles. The first kappa shape index (κ1) is 41.1. The van der Waals surface area contributed by atoms with Crippen molar-refractivity contribution in [1.82, 2.24) is 0 Å². The molecule has 4 heterocycles. The van der Waals surface area contributed by atoms with E-state index in [9.17, 15) is 40.5 Å². The maximum atomic E-state index is 12.6. The number of nitrogens with one attached hydrogen (secondary N) is 1. The number of carboxylic acid groups (broad SMARTS) is 1. The number of rotatable bonds is 12. The van der Waals surface area contributed by atoms with Crippen LogP contribution in [0.25, 0.3) is 5.76 Å². The van der Waals surface area contributed by atoms with Crippen LogP contribution in [0, 0.1) is 11.3 Å². The molecule has 4 aliphatic heterocycles. The molecule has 3 aromatic carbocycles. The van der Waals surface area contributed by atoms with Gasteiger partial charge in [0.05, 0.1) is 13.2 Å². The summed E-state index contributed by atoms with van der Waals surface area (Å²) in [4.78, 5) is 24.7. The number of nitrogens with zero attached hydrogens (tertiary/aromatic N) is 3. The van der Waals surface area contributed by atoms with Gasteiger partial charge in [0.25, 0.3) is 0 Å². The number of benzene rings is 3. The Hall–Kier alpha value is -6.27. The summed E-state index contributed by atoms with van der Waals surface area (Å²) in [6, 6.07) is 13.5. The van der Waals surface area contributed by atoms with Crippen molar-refractivity contribution in [3.05, 3.63) is 89.0 Å². The number of hydrogen-bond acceptors (Lipinski definition) is 15. The maximum Gasteiger partial charge on any atom is 0.336 e. The van der Waals surface area contributed by atoms with Crippen molar-refractivity contribution in [2.45, 2.75) is 93.3 Å². The molecule has 8 unspecified atom stereocenters. The van der Waals surface area contributed by atoms with Gasteiger partial charge in [-0.2, -0.15) is 0 Å². The highest BCUT2D eigenvalue weighted by Gasteiger charge is 2.59. The highest BCUT2D eigenvalue weighted by atomic mass is 16.7. The van der Waals surface area contributed by atoms with Crippen LogP contribution >= 0.6 is 0 Å². The Morgan fingerprint density at radius 3 is 2.58 bits per heavy atom. The number of hydrogen-bond donors (Lipinski definition) is 8. The van der Waals surface area contributed by atoms with Crippen LogP contribution in [0.2, 0.25) is 0 Å². The molecule has 0 amide bonds. The van der Waals surface area contributed by atoms with Gasteiger partial charge in [-0.05, 0) is 74.4 Å². The van der Waals surface area contributed by atoms with Crippen molar-refractivity contribution in [2.24, 2.45) is 20.9 Å². The third-order valence-corrected chi connectivity index (χ3v) is 12.6. The number of aromatic hydroxyl groups is 2. The SMILES string of the molecule is N=C1C=CC(CCOc2ccc(C3C=C(O)c4c(cc(OC5OC(C(=O)O)C(O)(CC6=NC=NC6)C(O)C5O)c(OC56CCCC5CCCc5c(O)cccc56)c4O)O3)cc2)=N1. The Morgan fingerprint density at radius 2 is 1.84 bits per heavy atom. The third kappa shape index (κ3) is 7.33. The van der Waals surface area contributed by atoms with Gasteiger partial charge in [0, 0.05) is 53.5 Å². The Morgan fingerprint density at radius 1 is 1.03 bits per heavy atom. The number of allylic oxidation sites excluding steroid dienone is 1. The maximum absolute atomic E-state index is 12.6. The molecule has 2 fully saturated rings. The van der Waals surface area contributed by atoms with Crippen molar-refractivity contribution in [3.8, 4) is 34.5 Å². The number of phenols is 2. The Bertz CT molecular complexity index is 2450. The average molecular weight is 851 g/mol. The van der Waals surface area contributed by atoms with E-state index in [0.29, 0.717) is 42.7 Å². The predicted molar refractivity (Wildman–Crippen MR) is 223 cm³/mol. The number of phenolic OH excluding ortho intramolecular Hbond substituents is 2. The number of aliphatic hydroxyl groups is 4. The summed E-state index contributed by atoms with van der Waals surface area (Å²) in [5, 5.41) is 87.2. The number of amidine groups is 1.